The summed E-state index contributed by atoms with van der Waals surface area (Å²) in [5.41, 5.74) is 0. The predicted molar refractivity (Wildman–Crippen MR) is 269 cm³/mol. The van der Waals surface area contributed by atoms with Gasteiger partial charge in [-0.3, -0.25) is 9.36 Å². The largest absolute Gasteiger partial charge is 0.756 e. The van der Waals surface area contributed by atoms with E-state index in [1.807, 2.05) is 27.2 Å². The summed E-state index contributed by atoms with van der Waals surface area (Å²) in [5, 5.41) is 13.8. The second-order valence-corrected chi connectivity index (χ2v) is 18.5. The van der Waals surface area contributed by atoms with E-state index in [2.05, 4.69) is 129 Å². The first kappa shape index (κ1) is 59.9. The molecular weight excluding hydrogens is 804 g/mol. The number of rotatable bonds is 42. The number of nitrogens with one attached hydrogen (secondary N) is 1. The highest BCUT2D eigenvalue weighted by Gasteiger charge is 2.23. The second kappa shape index (κ2) is 44.1. The summed E-state index contributed by atoms with van der Waals surface area (Å²) in [4.78, 5) is 25.4. The normalized spacial score (nSPS) is 15.2. The molecular formula is C54H91N2O6P. The zero-order valence-corrected chi connectivity index (χ0v) is 41.4. The van der Waals surface area contributed by atoms with Gasteiger partial charge in [0.25, 0.3) is 7.82 Å². The minimum atomic E-state index is -4.62. The summed E-state index contributed by atoms with van der Waals surface area (Å²) in [6.07, 6.45) is 65.4. The van der Waals surface area contributed by atoms with Crippen LogP contribution in [0.3, 0.4) is 0 Å². The molecule has 0 saturated heterocycles. The van der Waals surface area contributed by atoms with Gasteiger partial charge in [-0.15, -0.1) is 0 Å². The number of unbranched alkanes of at least 4 members (excludes halogenated alkanes) is 11. The molecule has 0 heterocycles. The molecule has 0 aromatic rings. The summed E-state index contributed by atoms with van der Waals surface area (Å²) < 4.78 is 23.2. The van der Waals surface area contributed by atoms with Gasteiger partial charge in [0.2, 0.25) is 5.91 Å². The number of allylic oxidation sites excluding steroid dienone is 19. The Morgan fingerprint density at radius 1 is 0.571 bits per heavy atom. The maximum absolute atomic E-state index is 12.9. The Bertz CT molecular complexity index is 1430. The van der Waals surface area contributed by atoms with Gasteiger partial charge in [-0.1, -0.05) is 174 Å². The van der Waals surface area contributed by atoms with Crippen LogP contribution in [0.25, 0.3) is 0 Å². The number of phosphoric ester groups is 1. The molecule has 3 atom stereocenters. The lowest BCUT2D eigenvalue weighted by Gasteiger charge is -2.29. The van der Waals surface area contributed by atoms with Crippen molar-refractivity contribution in [2.45, 2.75) is 174 Å². The van der Waals surface area contributed by atoms with Crippen molar-refractivity contribution >= 4 is 13.7 Å². The number of carbonyl (C=O) groups is 1. The Morgan fingerprint density at radius 3 is 1.48 bits per heavy atom. The Labute approximate surface area is 386 Å². The molecule has 358 valence electrons. The van der Waals surface area contributed by atoms with E-state index in [1.54, 1.807) is 6.08 Å². The van der Waals surface area contributed by atoms with Crippen LogP contribution in [-0.4, -0.2) is 68.5 Å². The lowest BCUT2D eigenvalue weighted by atomic mass is 10.1. The molecule has 0 radical (unpaired) electrons. The molecule has 0 aliphatic carbocycles. The number of nitrogens with zero attached hydrogens (tertiary/aromatic N) is 1. The highest BCUT2D eigenvalue weighted by atomic mass is 31.2. The van der Waals surface area contributed by atoms with Crippen LogP contribution in [-0.2, 0) is 18.4 Å². The number of hydrogen-bond donors (Lipinski definition) is 2. The van der Waals surface area contributed by atoms with Gasteiger partial charge in [0.15, 0.2) is 0 Å². The molecule has 1 amide bonds. The van der Waals surface area contributed by atoms with Crippen LogP contribution < -0.4 is 10.2 Å². The highest BCUT2D eigenvalue weighted by molar-refractivity contribution is 7.45. The first-order valence-electron chi connectivity index (χ1n) is 24.4. The molecule has 0 bridgehead atoms. The summed E-state index contributed by atoms with van der Waals surface area (Å²) in [6, 6.07) is -0.936. The van der Waals surface area contributed by atoms with Gasteiger partial charge in [-0.05, 0) is 103 Å². The maximum atomic E-state index is 12.9. The molecule has 8 nitrogen and oxygen atoms in total. The standard InChI is InChI=1S/C54H91N2O6P/c1-6-8-10-12-14-16-18-20-22-24-25-26-27-28-29-30-31-32-34-36-38-40-42-44-46-48-54(58)55-52(51-62-63(59,60)61-50-49-56(3,4)5)53(57)47-45-43-41-39-37-35-33-23-21-19-17-15-13-11-9-7-2/h8,10,14,16,20-23,25-26,28-29,31-32,36-39,45,47,52-53,57H,6-7,9,11-13,15,17-19,24,27,30,33-35,40-44,46,48-51H2,1-5H3,(H-,55,58,59,60)/b10-8-,16-14-,22-20-,23-21+,26-25-,29-28-,32-31-,38-36-,39-37+,47-45+. The number of phosphoric acid groups is 1. The molecule has 0 spiro atoms. The van der Waals surface area contributed by atoms with E-state index in [-0.39, 0.29) is 18.9 Å². The van der Waals surface area contributed by atoms with Crippen molar-refractivity contribution in [2.75, 3.05) is 40.9 Å². The molecule has 0 saturated carbocycles. The van der Waals surface area contributed by atoms with E-state index in [0.29, 0.717) is 23.9 Å². The monoisotopic (exact) mass is 895 g/mol. The SMILES string of the molecule is CC/C=C\C/C=C\C/C=C\C/C=C\C/C=C\C/C=C\C/C=C\CCCCCC(=O)NC(COP(=O)([O-])OCC[N+](C)(C)C)C(O)/C=C/CC/C=C/CC/C=C/CCCCCCCC. The van der Waals surface area contributed by atoms with Crippen molar-refractivity contribution in [3.8, 4) is 0 Å². The number of aliphatic hydroxyl groups is 1. The van der Waals surface area contributed by atoms with Gasteiger partial charge < -0.3 is 28.8 Å². The quantitative estimate of drug-likeness (QED) is 0.0273. The van der Waals surface area contributed by atoms with Crippen molar-refractivity contribution in [2.24, 2.45) is 0 Å². The number of hydrogen-bond acceptors (Lipinski definition) is 6. The Hall–Kier alpha value is -3.10. The van der Waals surface area contributed by atoms with Crippen LogP contribution in [0.4, 0.5) is 0 Å². The second-order valence-electron chi connectivity index (χ2n) is 17.1. The number of likely N-dealkylation sites (N-methyl/N-ethyl adjacent to an activating group) is 1. The van der Waals surface area contributed by atoms with Gasteiger partial charge in [0.1, 0.15) is 13.2 Å². The van der Waals surface area contributed by atoms with E-state index in [4.69, 9.17) is 9.05 Å². The van der Waals surface area contributed by atoms with Crippen LogP contribution in [0.2, 0.25) is 0 Å². The van der Waals surface area contributed by atoms with Crippen LogP contribution in [0, 0.1) is 0 Å². The zero-order chi connectivity index (χ0) is 46.4. The smallest absolute Gasteiger partial charge is 0.268 e. The summed E-state index contributed by atoms with van der Waals surface area (Å²) in [7, 11) is 1.19. The van der Waals surface area contributed by atoms with Gasteiger partial charge in [-0.25, -0.2) is 0 Å². The van der Waals surface area contributed by atoms with E-state index in [1.165, 1.54) is 38.5 Å². The fourth-order valence-corrected chi connectivity index (χ4v) is 6.77. The van der Waals surface area contributed by atoms with Crippen molar-refractivity contribution in [3.05, 3.63) is 122 Å². The van der Waals surface area contributed by atoms with Crippen LogP contribution >= 0.6 is 7.82 Å². The first-order chi connectivity index (χ1) is 30.5. The predicted octanol–water partition coefficient (Wildman–Crippen LogP) is 13.6. The fourth-order valence-electron chi connectivity index (χ4n) is 6.04. The van der Waals surface area contributed by atoms with E-state index < -0.39 is 26.6 Å². The number of aliphatic hydroxyl groups excluding tert-OH is 1. The molecule has 0 aliphatic rings. The highest BCUT2D eigenvalue weighted by Crippen LogP contribution is 2.38. The van der Waals surface area contributed by atoms with Crippen molar-refractivity contribution in [3.63, 3.8) is 0 Å². The topological polar surface area (TPSA) is 108 Å². The fraction of sp³-hybridized carbons (Fsp3) is 0.611. The van der Waals surface area contributed by atoms with Gasteiger partial charge in [-0.2, -0.15) is 0 Å². The van der Waals surface area contributed by atoms with Crippen molar-refractivity contribution < 1.29 is 32.9 Å². The van der Waals surface area contributed by atoms with E-state index in [0.717, 1.165) is 89.9 Å². The van der Waals surface area contributed by atoms with E-state index in [9.17, 15) is 19.4 Å². The maximum Gasteiger partial charge on any atom is 0.268 e. The first-order valence-corrected chi connectivity index (χ1v) is 25.9. The molecule has 0 fully saturated rings. The molecule has 2 N–H and O–H groups in total. The molecule has 9 heteroatoms. The van der Waals surface area contributed by atoms with Crippen LogP contribution in [0.15, 0.2) is 122 Å². The lowest BCUT2D eigenvalue weighted by Crippen LogP contribution is -2.45. The van der Waals surface area contributed by atoms with Crippen LogP contribution in [0.1, 0.15) is 162 Å². The van der Waals surface area contributed by atoms with Crippen LogP contribution in [0.5, 0.6) is 0 Å². The van der Waals surface area contributed by atoms with Gasteiger partial charge in [0, 0.05) is 6.42 Å². The average molecular weight is 895 g/mol. The van der Waals surface area contributed by atoms with E-state index >= 15 is 0 Å². The van der Waals surface area contributed by atoms with Crippen molar-refractivity contribution in [1.82, 2.24) is 5.32 Å². The Kier molecular flexibility index (Phi) is 41.9. The van der Waals surface area contributed by atoms with Gasteiger partial charge in [0.05, 0.1) is 39.9 Å². The molecule has 3 unspecified atom stereocenters. The molecule has 0 rings (SSSR count). The Morgan fingerprint density at radius 2 is 0.984 bits per heavy atom. The molecule has 0 aliphatic heterocycles. The third-order valence-electron chi connectivity index (χ3n) is 9.88. The molecule has 0 aromatic carbocycles. The third-order valence-corrected chi connectivity index (χ3v) is 10.8. The van der Waals surface area contributed by atoms with Crippen molar-refractivity contribution in [1.29, 1.82) is 0 Å². The minimum absolute atomic E-state index is 0.0234. The Balaban J connectivity index is 4.51. The molecule has 63 heavy (non-hydrogen) atoms. The zero-order valence-electron chi connectivity index (χ0n) is 40.5. The average Bonchev–Trinajstić information content (AvgIpc) is 3.24. The summed E-state index contributed by atoms with van der Waals surface area (Å²) in [6.45, 7) is 4.43. The summed E-state index contributed by atoms with van der Waals surface area (Å²) >= 11 is 0. The lowest BCUT2D eigenvalue weighted by molar-refractivity contribution is -0.870. The third kappa shape index (κ3) is 46.7. The summed E-state index contributed by atoms with van der Waals surface area (Å²) in [5.74, 6) is -0.250. The minimum Gasteiger partial charge on any atom is -0.756 e. The number of amides is 1. The number of quaternary nitrogens is 1. The molecule has 0 aromatic heterocycles. The van der Waals surface area contributed by atoms with Gasteiger partial charge >= 0.3 is 0 Å². The number of carbonyl (C=O) groups excluding carboxylic acids is 1.